The Labute approximate surface area is 136 Å². The van der Waals surface area contributed by atoms with Crippen molar-refractivity contribution in [1.82, 2.24) is 4.98 Å². The quantitative estimate of drug-likeness (QED) is 0.713. The topological polar surface area (TPSA) is 59.5 Å². The van der Waals surface area contributed by atoms with Crippen LogP contribution < -0.4 is 4.31 Å². The molecule has 0 atom stereocenters. The second-order valence-corrected chi connectivity index (χ2v) is 6.96. The second-order valence-electron chi connectivity index (χ2n) is 4.24. The van der Waals surface area contributed by atoms with Gasteiger partial charge in [0.05, 0.1) is 5.69 Å². The number of halogens is 2. The average Bonchev–Trinajstić information content (AvgIpc) is 2.51. The van der Waals surface area contributed by atoms with Crippen molar-refractivity contribution < 1.29 is 17.5 Å². The highest BCUT2D eigenvalue weighted by molar-refractivity contribution is 9.10. The van der Waals surface area contributed by atoms with Crippen molar-refractivity contribution >= 4 is 31.6 Å². The van der Waals surface area contributed by atoms with Crippen molar-refractivity contribution in [2.45, 2.75) is 11.9 Å². The fourth-order valence-electron chi connectivity index (χ4n) is 1.73. The van der Waals surface area contributed by atoms with Gasteiger partial charge in [0, 0.05) is 17.3 Å². The van der Waals surface area contributed by atoms with Crippen LogP contribution in [0, 0.1) is 5.82 Å². The molecule has 1 aromatic carbocycles. The van der Waals surface area contributed by atoms with E-state index in [1.807, 2.05) is 0 Å². The van der Waals surface area contributed by atoms with Gasteiger partial charge < -0.3 is 4.74 Å². The van der Waals surface area contributed by atoms with E-state index in [0.29, 0.717) is 11.1 Å². The maximum absolute atomic E-state index is 14.1. The highest BCUT2D eigenvalue weighted by Crippen LogP contribution is 2.28. The number of pyridine rings is 1. The number of benzene rings is 1. The summed E-state index contributed by atoms with van der Waals surface area (Å²) in [7, 11) is -4.03. The zero-order valence-corrected chi connectivity index (χ0v) is 14.1. The van der Waals surface area contributed by atoms with E-state index in [9.17, 15) is 12.8 Å². The van der Waals surface area contributed by atoms with Crippen LogP contribution in [0.5, 0.6) is 0 Å². The summed E-state index contributed by atoms with van der Waals surface area (Å²) in [4.78, 5) is 3.84. The normalized spacial score (nSPS) is 11.4. The van der Waals surface area contributed by atoms with Crippen LogP contribution in [0.15, 0.2) is 52.1 Å². The summed E-state index contributed by atoms with van der Waals surface area (Å²) >= 11 is 3.21. The van der Waals surface area contributed by atoms with E-state index in [1.165, 1.54) is 30.5 Å². The summed E-state index contributed by atoms with van der Waals surface area (Å²) < 4.78 is 46.1. The maximum Gasteiger partial charge on any atom is 0.283 e. The van der Waals surface area contributed by atoms with Gasteiger partial charge in [0.25, 0.3) is 10.0 Å². The van der Waals surface area contributed by atoms with Crippen LogP contribution in [-0.4, -0.2) is 26.7 Å². The number of anilines is 1. The van der Waals surface area contributed by atoms with Gasteiger partial charge >= 0.3 is 0 Å². The van der Waals surface area contributed by atoms with E-state index in [4.69, 9.17) is 4.74 Å². The van der Waals surface area contributed by atoms with E-state index in [1.54, 1.807) is 19.1 Å². The van der Waals surface area contributed by atoms with Gasteiger partial charge in [0.1, 0.15) is 12.5 Å². The number of hydrogen-bond acceptors (Lipinski definition) is 4. The van der Waals surface area contributed by atoms with Crippen LogP contribution in [0.4, 0.5) is 10.1 Å². The summed E-state index contributed by atoms with van der Waals surface area (Å²) in [6, 6.07) is 8.57. The van der Waals surface area contributed by atoms with Crippen molar-refractivity contribution in [1.29, 1.82) is 0 Å². The lowest BCUT2D eigenvalue weighted by Crippen LogP contribution is -2.34. The Hall–Kier alpha value is -1.51. The zero-order chi connectivity index (χ0) is 16.2. The molecule has 0 amide bonds. The molecule has 0 aliphatic carbocycles. The molecule has 0 fully saturated rings. The van der Waals surface area contributed by atoms with Gasteiger partial charge in [-0.15, -0.1) is 0 Å². The first kappa shape index (κ1) is 16.9. The Balaban J connectivity index is 2.53. The summed E-state index contributed by atoms with van der Waals surface area (Å²) in [5, 5.41) is -0.172. The molecule has 1 aromatic heterocycles. The van der Waals surface area contributed by atoms with E-state index in [0.717, 1.165) is 4.31 Å². The predicted molar refractivity (Wildman–Crippen MR) is 84.5 cm³/mol. The highest BCUT2D eigenvalue weighted by atomic mass is 79.9. The lowest BCUT2D eigenvalue weighted by atomic mass is 10.3. The summed E-state index contributed by atoms with van der Waals surface area (Å²) in [6.07, 6.45) is 1.36. The Kier molecular flexibility index (Phi) is 5.49. The van der Waals surface area contributed by atoms with Gasteiger partial charge in [-0.05, 0) is 37.3 Å². The molecular weight excluding hydrogens is 375 g/mol. The van der Waals surface area contributed by atoms with Crippen LogP contribution in [0.3, 0.4) is 0 Å². The smallest absolute Gasteiger partial charge is 0.283 e. The van der Waals surface area contributed by atoms with Crippen molar-refractivity contribution in [3.8, 4) is 0 Å². The maximum atomic E-state index is 14.1. The van der Waals surface area contributed by atoms with E-state index >= 15 is 0 Å². The van der Waals surface area contributed by atoms with Gasteiger partial charge in [-0.3, -0.25) is 0 Å². The standard InChI is InChI=1S/C14H14BrFN2O3S/c1-2-21-10-18(13-9-11(15)6-7-12(13)16)22(19,20)14-5-3-4-8-17-14/h3-9H,2,10H2,1H3. The summed E-state index contributed by atoms with van der Waals surface area (Å²) in [5.74, 6) is -0.664. The Morgan fingerprint density at radius 2 is 2.09 bits per heavy atom. The van der Waals surface area contributed by atoms with Gasteiger partial charge in [0.15, 0.2) is 5.03 Å². The average molecular weight is 389 g/mol. The Bertz CT molecular complexity index is 741. The lowest BCUT2D eigenvalue weighted by molar-refractivity contribution is 0.157. The van der Waals surface area contributed by atoms with Gasteiger partial charge in [-0.25, -0.2) is 13.7 Å². The molecule has 0 radical (unpaired) electrons. The Morgan fingerprint density at radius 1 is 1.32 bits per heavy atom. The minimum absolute atomic E-state index is 0.103. The molecule has 0 aliphatic rings. The van der Waals surface area contributed by atoms with Crippen LogP contribution >= 0.6 is 15.9 Å². The number of aromatic nitrogens is 1. The summed E-state index contributed by atoms with van der Waals surface area (Å²) in [6.45, 7) is 1.72. The number of hydrogen-bond donors (Lipinski definition) is 0. The molecule has 2 aromatic rings. The molecule has 0 saturated carbocycles. The second kappa shape index (κ2) is 7.17. The van der Waals surface area contributed by atoms with Gasteiger partial charge in [-0.2, -0.15) is 8.42 Å². The molecule has 118 valence electrons. The Morgan fingerprint density at radius 3 is 2.73 bits per heavy atom. The molecule has 2 rings (SSSR count). The third kappa shape index (κ3) is 3.63. The van der Waals surface area contributed by atoms with Crippen LogP contribution in [0.2, 0.25) is 0 Å². The lowest BCUT2D eigenvalue weighted by Gasteiger charge is -2.24. The molecule has 0 bridgehead atoms. The van der Waals surface area contributed by atoms with Crippen molar-refractivity contribution in [2.24, 2.45) is 0 Å². The van der Waals surface area contributed by atoms with E-state index in [2.05, 4.69) is 20.9 Å². The minimum Gasteiger partial charge on any atom is -0.360 e. The van der Waals surface area contributed by atoms with Crippen LogP contribution in [-0.2, 0) is 14.8 Å². The van der Waals surface area contributed by atoms with Gasteiger partial charge in [-0.1, -0.05) is 22.0 Å². The predicted octanol–water partition coefficient (Wildman–Crippen LogP) is 3.17. The minimum atomic E-state index is -4.03. The van der Waals surface area contributed by atoms with Crippen molar-refractivity contribution in [3.05, 3.63) is 52.9 Å². The largest absolute Gasteiger partial charge is 0.360 e. The van der Waals surface area contributed by atoms with Gasteiger partial charge in [0.2, 0.25) is 0 Å². The molecule has 1 heterocycles. The number of ether oxygens (including phenoxy) is 1. The van der Waals surface area contributed by atoms with Crippen molar-refractivity contribution in [3.63, 3.8) is 0 Å². The molecule has 0 spiro atoms. The monoisotopic (exact) mass is 388 g/mol. The molecule has 0 unspecified atom stereocenters. The molecule has 0 saturated heterocycles. The van der Waals surface area contributed by atoms with Crippen molar-refractivity contribution in [2.75, 3.05) is 17.6 Å². The molecule has 22 heavy (non-hydrogen) atoms. The molecular formula is C14H14BrFN2O3S. The van der Waals surface area contributed by atoms with Crippen LogP contribution in [0.25, 0.3) is 0 Å². The molecule has 0 N–H and O–H groups in total. The molecule has 8 heteroatoms. The number of sulfonamides is 1. The SMILES string of the molecule is CCOCN(c1cc(Br)ccc1F)S(=O)(=O)c1ccccn1. The fourth-order valence-corrected chi connectivity index (χ4v) is 3.36. The van der Waals surface area contributed by atoms with E-state index < -0.39 is 15.8 Å². The molecule has 0 aliphatic heterocycles. The first-order valence-corrected chi connectivity index (χ1v) is 8.66. The summed E-state index contributed by atoms with van der Waals surface area (Å²) in [5.41, 5.74) is -0.103. The number of nitrogens with zero attached hydrogens (tertiary/aromatic N) is 2. The van der Waals surface area contributed by atoms with Crippen LogP contribution in [0.1, 0.15) is 6.92 Å². The van der Waals surface area contributed by atoms with E-state index in [-0.39, 0.29) is 17.4 Å². The first-order valence-electron chi connectivity index (χ1n) is 6.43. The number of rotatable bonds is 6. The highest BCUT2D eigenvalue weighted by Gasteiger charge is 2.28. The fraction of sp³-hybridized carbons (Fsp3) is 0.214. The molecule has 5 nitrogen and oxygen atoms in total. The zero-order valence-electron chi connectivity index (χ0n) is 11.7. The first-order chi connectivity index (χ1) is 10.5. The third-order valence-corrected chi connectivity index (χ3v) is 4.93. The third-order valence-electron chi connectivity index (χ3n) is 2.78.